The monoisotopic (exact) mass is 239 g/mol. The number of nitrogens with one attached hydrogen (secondary N) is 1. The van der Waals surface area contributed by atoms with E-state index in [1.807, 2.05) is 0 Å². The normalized spacial score (nSPS) is 13.7. The van der Waals surface area contributed by atoms with Gasteiger partial charge in [0.1, 0.15) is 0 Å². The van der Waals surface area contributed by atoms with Crippen LogP contribution < -0.4 is 5.43 Å². The summed E-state index contributed by atoms with van der Waals surface area (Å²) < 4.78 is 0. The number of hydrogen-bond acceptors (Lipinski definition) is 4. The van der Waals surface area contributed by atoms with Crippen LogP contribution in [0.5, 0.6) is 0 Å². The fraction of sp³-hybridized carbons (Fsp3) is 0. The second-order valence-electron chi connectivity index (χ2n) is 3.84. The molecule has 2 amide bonds. The first-order valence-corrected chi connectivity index (χ1v) is 5.42. The number of hydrazine groups is 1. The topological polar surface area (TPSA) is 62.3 Å². The van der Waals surface area contributed by atoms with Crippen LogP contribution in [0.15, 0.2) is 48.8 Å². The van der Waals surface area contributed by atoms with Gasteiger partial charge in [-0.2, -0.15) is 5.01 Å². The summed E-state index contributed by atoms with van der Waals surface area (Å²) in [5.74, 6) is -0.681. The predicted octanol–water partition coefficient (Wildman–Crippen LogP) is 1.70. The van der Waals surface area contributed by atoms with Crippen molar-refractivity contribution in [2.24, 2.45) is 0 Å². The summed E-state index contributed by atoms with van der Waals surface area (Å²) in [6.07, 6.45) is 3.17. The van der Waals surface area contributed by atoms with E-state index >= 15 is 0 Å². The van der Waals surface area contributed by atoms with E-state index in [2.05, 4.69) is 10.4 Å². The molecule has 2 aromatic rings. The molecule has 0 bridgehead atoms. The zero-order valence-electron chi connectivity index (χ0n) is 9.33. The minimum atomic E-state index is -0.340. The smallest absolute Gasteiger partial charge is 0.280 e. The summed E-state index contributed by atoms with van der Waals surface area (Å²) in [5.41, 5.74) is 4.26. The number of imide groups is 1. The number of nitrogens with zero attached hydrogens (tertiary/aromatic N) is 2. The molecule has 3 rings (SSSR count). The lowest BCUT2D eigenvalue weighted by molar-refractivity contribution is 0.0691. The van der Waals surface area contributed by atoms with Gasteiger partial charge in [-0.05, 0) is 24.3 Å². The summed E-state index contributed by atoms with van der Waals surface area (Å²) >= 11 is 0. The predicted molar refractivity (Wildman–Crippen MR) is 64.8 cm³/mol. The third kappa shape index (κ3) is 1.53. The maximum absolute atomic E-state index is 12.0. The highest BCUT2D eigenvalue weighted by Crippen LogP contribution is 2.22. The first-order valence-electron chi connectivity index (χ1n) is 5.42. The van der Waals surface area contributed by atoms with Gasteiger partial charge in [-0.25, -0.2) is 0 Å². The molecule has 5 heteroatoms. The van der Waals surface area contributed by atoms with E-state index in [0.717, 1.165) is 5.01 Å². The second-order valence-corrected chi connectivity index (χ2v) is 3.84. The number of benzene rings is 1. The lowest BCUT2D eigenvalue weighted by Gasteiger charge is -2.15. The van der Waals surface area contributed by atoms with E-state index in [1.54, 1.807) is 48.8 Å². The molecular formula is C13H9N3O2. The number of carbonyl (C=O) groups excluding carboxylic acids is 2. The van der Waals surface area contributed by atoms with Gasteiger partial charge in [-0.15, -0.1) is 0 Å². The average Bonchev–Trinajstić information content (AvgIpc) is 2.66. The SMILES string of the molecule is O=C1c2ccccc2C(=O)N1Nc1ccncc1. The highest BCUT2D eigenvalue weighted by Gasteiger charge is 2.35. The molecular weight excluding hydrogens is 230 g/mol. The minimum Gasteiger partial charge on any atom is -0.288 e. The summed E-state index contributed by atoms with van der Waals surface area (Å²) in [7, 11) is 0. The molecule has 0 spiro atoms. The van der Waals surface area contributed by atoms with Crippen LogP contribution in [0.2, 0.25) is 0 Å². The fourth-order valence-corrected chi connectivity index (χ4v) is 1.85. The number of carbonyl (C=O) groups is 2. The first kappa shape index (κ1) is 10.5. The van der Waals surface area contributed by atoms with E-state index in [4.69, 9.17) is 0 Å². The lowest BCUT2D eigenvalue weighted by Crippen LogP contribution is -2.35. The van der Waals surface area contributed by atoms with Crippen LogP contribution >= 0.6 is 0 Å². The van der Waals surface area contributed by atoms with Gasteiger partial charge in [0, 0.05) is 12.4 Å². The van der Waals surface area contributed by atoms with Gasteiger partial charge >= 0.3 is 0 Å². The van der Waals surface area contributed by atoms with Gasteiger partial charge < -0.3 is 0 Å². The Morgan fingerprint density at radius 3 is 2.00 bits per heavy atom. The number of rotatable bonds is 2. The third-order valence-electron chi connectivity index (χ3n) is 2.72. The average molecular weight is 239 g/mol. The number of amides is 2. The number of aromatic nitrogens is 1. The summed E-state index contributed by atoms with van der Waals surface area (Å²) in [4.78, 5) is 27.9. The zero-order valence-corrected chi connectivity index (χ0v) is 9.33. The number of anilines is 1. The van der Waals surface area contributed by atoms with Crippen molar-refractivity contribution in [3.8, 4) is 0 Å². The van der Waals surface area contributed by atoms with Gasteiger partial charge in [-0.3, -0.25) is 20.0 Å². The van der Waals surface area contributed by atoms with Crippen LogP contribution in [0.25, 0.3) is 0 Å². The van der Waals surface area contributed by atoms with Crippen molar-refractivity contribution in [2.45, 2.75) is 0 Å². The Bertz CT molecular complexity index is 590. The molecule has 0 fully saturated rings. The molecule has 1 aliphatic rings. The van der Waals surface area contributed by atoms with E-state index in [0.29, 0.717) is 16.8 Å². The van der Waals surface area contributed by atoms with Crippen molar-refractivity contribution < 1.29 is 9.59 Å². The fourth-order valence-electron chi connectivity index (χ4n) is 1.85. The van der Waals surface area contributed by atoms with E-state index < -0.39 is 0 Å². The van der Waals surface area contributed by atoms with Crippen LogP contribution in [0.4, 0.5) is 5.69 Å². The zero-order chi connectivity index (χ0) is 12.5. The third-order valence-corrected chi connectivity index (χ3v) is 2.72. The van der Waals surface area contributed by atoms with Crippen LogP contribution in [0.3, 0.4) is 0 Å². The molecule has 1 N–H and O–H groups in total. The minimum absolute atomic E-state index is 0.340. The van der Waals surface area contributed by atoms with Gasteiger partial charge in [0.05, 0.1) is 16.8 Å². The maximum atomic E-state index is 12.0. The highest BCUT2D eigenvalue weighted by atomic mass is 16.2. The van der Waals surface area contributed by atoms with Crippen LogP contribution in [0, 0.1) is 0 Å². The second kappa shape index (κ2) is 3.96. The molecule has 0 radical (unpaired) electrons. The van der Waals surface area contributed by atoms with Crippen molar-refractivity contribution in [3.63, 3.8) is 0 Å². The standard InChI is InChI=1S/C13H9N3O2/c17-12-10-3-1-2-4-11(10)13(18)16(12)15-9-5-7-14-8-6-9/h1-8H,(H,14,15). The molecule has 18 heavy (non-hydrogen) atoms. The molecule has 88 valence electrons. The van der Waals surface area contributed by atoms with Gasteiger partial charge in [0.2, 0.25) is 0 Å². The molecule has 0 atom stereocenters. The Labute approximate surface area is 103 Å². The highest BCUT2D eigenvalue weighted by molar-refractivity contribution is 6.21. The van der Waals surface area contributed by atoms with Gasteiger partial charge in [-0.1, -0.05) is 12.1 Å². The lowest BCUT2D eigenvalue weighted by atomic mass is 10.1. The van der Waals surface area contributed by atoms with Crippen LogP contribution in [-0.2, 0) is 0 Å². The molecule has 1 aliphatic heterocycles. The van der Waals surface area contributed by atoms with Crippen molar-refractivity contribution in [2.75, 3.05) is 5.43 Å². The van der Waals surface area contributed by atoms with Crippen molar-refractivity contribution in [1.29, 1.82) is 0 Å². The maximum Gasteiger partial charge on any atom is 0.280 e. The molecule has 5 nitrogen and oxygen atoms in total. The summed E-state index contributed by atoms with van der Waals surface area (Å²) in [5, 5.41) is 1.01. The quantitative estimate of drug-likeness (QED) is 0.810. The number of pyridine rings is 1. The molecule has 1 aromatic heterocycles. The molecule has 0 aliphatic carbocycles. The molecule has 0 saturated heterocycles. The van der Waals surface area contributed by atoms with Gasteiger partial charge in [0.15, 0.2) is 0 Å². The van der Waals surface area contributed by atoms with E-state index in [1.165, 1.54) is 0 Å². The van der Waals surface area contributed by atoms with E-state index in [9.17, 15) is 9.59 Å². The Morgan fingerprint density at radius 2 is 1.44 bits per heavy atom. The van der Waals surface area contributed by atoms with E-state index in [-0.39, 0.29) is 11.8 Å². The summed E-state index contributed by atoms with van der Waals surface area (Å²) in [6.45, 7) is 0. The Kier molecular flexibility index (Phi) is 2.30. The first-order chi connectivity index (χ1) is 8.77. The van der Waals surface area contributed by atoms with Gasteiger partial charge in [0.25, 0.3) is 11.8 Å². The summed E-state index contributed by atoms with van der Waals surface area (Å²) in [6, 6.07) is 10.1. The molecule has 1 aromatic carbocycles. The number of hydrogen-bond donors (Lipinski definition) is 1. The Hall–Kier alpha value is -2.69. The van der Waals surface area contributed by atoms with Crippen molar-refractivity contribution >= 4 is 17.5 Å². The van der Waals surface area contributed by atoms with Crippen molar-refractivity contribution in [3.05, 3.63) is 59.9 Å². The van der Waals surface area contributed by atoms with Crippen LogP contribution in [0.1, 0.15) is 20.7 Å². The molecule has 0 unspecified atom stereocenters. The molecule has 0 saturated carbocycles. The largest absolute Gasteiger partial charge is 0.288 e. The Morgan fingerprint density at radius 1 is 0.889 bits per heavy atom. The Balaban J connectivity index is 1.93. The number of fused-ring (bicyclic) bond motifs is 1. The van der Waals surface area contributed by atoms with Crippen molar-refractivity contribution in [1.82, 2.24) is 9.99 Å². The molecule has 2 heterocycles. The van der Waals surface area contributed by atoms with Crippen LogP contribution in [-0.4, -0.2) is 21.8 Å².